The van der Waals surface area contributed by atoms with Gasteiger partial charge in [0.05, 0.1) is 24.0 Å². The number of pyridine rings is 1. The molecule has 0 bridgehead atoms. The van der Waals surface area contributed by atoms with E-state index in [0.717, 1.165) is 40.3 Å². The number of halogens is 2. The lowest BCUT2D eigenvalue weighted by atomic mass is 10.2. The summed E-state index contributed by atoms with van der Waals surface area (Å²) in [6.07, 6.45) is 4.59. The Hall–Kier alpha value is -3.10. The third kappa shape index (κ3) is 3.10. The molecule has 5 rings (SSSR count). The summed E-state index contributed by atoms with van der Waals surface area (Å²) in [6, 6.07) is 5.78. The lowest BCUT2D eigenvalue weighted by Crippen LogP contribution is -2.30. The zero-order valence-electron chi connectivity index (χ0n) is 16.2. The van der Waals surface area contributed by atoms with E-state index in [1.54, 1.807) is 16.9 Å². The summed E-state index contributed by atoms with van der Waals surface area (Å²) in [5.74, 6) is -2.13. The first-order valence-electron chi connectivity index (χ1n) is 9.76. The van der Waals surface area contributed by atoms with Crippen molar-refractivity contribution < 1.29 is 8.78 Å². The van der Waals surface area contributed by atoms with E-state index in [-0.39, 0.29) is 5.95 Å². The van der Waals surface area contributed by atoms with E-state index in [9.17, 15) is 8.78 Å². The lowest BCUT2D eigenvalue weighted by Gasteiger charge is -2.15. The molecule has 29 heavy (non-hydrogen) atoms. The molecule has 1 aliphatic carbocycles. The molecule has 0 radical (unpaired) electrons. The van der Waals surface area contributed by atoms with Gasteiger partial charge in [0.25, 0.3) is 5.92 Å². The smallest absolute Gasteiger partial charge is 0.267 e. The minimum Gasteiger partial charge on any atom is -0.347 e. The molecule has 0 saturated heterocycles. The highest BCUT2D eigenvalue weighted by Gasteiger charge is 2.46. The van der Waals surface area contributed by atoms with Crippen molar-refractivity contribution >= 4 is 22.6 Å². The van der Waals surface area contributed by atoms with Crippen LogP contribution >= 0.6 is 0 Å². The van der Waals surface area contributed by atoms with Gasteiger partial charge in [-0.15, -0.1) is 5.10 Å². The number of aromatic nitrogens is 6. The molecule has 1 saturated carbocycles. The fourth-order valence-corrected chi connectivity index (χ4v) is 3.69. The summed E-state index contributed by atoms with van der Waals surface area (Å²) in [5, 5.41) is 6.99. The lowest BCUT2D eigenvalue weighted by molar-refractivity contribution is -0.00833. The van der Waals surface area contributed by atoms with E-state index in [0.29, 0.717) is 12.8 Å². The molecule has 0 aliphatic heterocycles. The number of alkyl halides is 2. The van der Waals surface area contributed by atoms with Gasteiger partial charge in [0.2, 0.25) is 5.95 Å². The van der Waals surface area contributed by atoms with Gasteiger partial charge < -0.3 is 9.88 Å². The zero-order chi connectivity index (χ0) is 20.2. The Morgan fingerprint density at radius 2 is 2.03 bits per heavy atom. The average Bonchev–Trinajstić information content (AvgIpc) is 3.42. The van der Waals surface area contributed by atoms with E-state index in [1.807, 2.05) is 25.1 Å². The summed E-state index contributed by atoms with van der Waals surface area (Å²) < 4.78 is 31.5. The largest absolute Gasteiger partial charge is 0.347 e. The Balaban J connectivity index is 1.46. The average molecular weight is 397 g/mol. The van der Waals surface area contributed by atoms with Crippen LogP contribution in [0.2, 0.25) is 0 Å². The second kappa shape index (κ2) is 6.47. The summed E-state index contributed by atoms with van der Waals surface area (Å²) in [5.41, 5.74) is 4.12. The minimum absolute atomic E-state index is 0.183. The summed E-state index contributed by atoms with van der Waals surface area (Å²) >= 11 is 0. The SMILES string of the molecule is CCn1c(C)nc2ccc(-c3ccn4nc(NCC(F)(F)C5CC5)ncc34)nc21. The first-order chi connectivity index (χ1) is 14.0. The minimum atomic E-state index is -2.72. The monoisotopic (exact) mass is 397 g/mol. The van der Waals surface area contributed by atoms with Gasteiger partial charge in [0.1, 0.15) is 11.3 Å². The van der Waals surface area contributed by atoms with Crippen molar-refractivity contribution in [3.05, 3.63) is 36.4 Å². The molecule has 0 atom stereocenters. The van der Waals surface area contributed by atoms with Gasteiger partial charge in [-0.1, -0.05) is 0 Å². The topological polar surface area (TPSA) is 72.9 Å². The van der Waals surface area contributed by atoms with Gasteiger partial charge in [0.15, 0.2) is 5.65 Å². The predicted molar refractivity (Wildman–Crippen MR) is 106 cm³/mol. The molecular weight excluding hydrogens is 376 g/mol. The Labute approximate surface area is 165 Å². The number of hydrogen-bond donors (Lipinski definition) is 1. The highest BCUT2D eigenvalue weighted by atomic mass is 19.3. The van der Waals surface area contributed by atoms with E-state index in [1.165, 1.54) is 0 Å². The van der Waals surface area contributed by atoms with Crippen LogP contribution in [0.25, 0.3) is 27.9 Å². The fraction of sp³-hybridized carbons (Fsp3) is 0.400. The van der Waals surface area contributed by atoms with Crippen LogP contribution in [0.3, 0.4) is 0 Å². The van der Waals surface area contributed by atoms with Crippen LogP contribution in [0, 0.1) is 12.8 Å². The van der Waals surface area contributed by atoms with Gasteiger partial charge in [0, 0.05) is 24.2 Å². The second-order valence-corrected chi connectivity index (χ2v) is 7.47. The normalized spacial score (nSPS) is 14.8. The van der Waals surface area contributed by atoms with Crippen LogP contribution in [0.15, 0.2) is 30.6 Å². The number of imidazole rings is 1. The number of nitrogens with zero attached hydrogens (tertiary/aromatic N) is 6. The van der Waals surface area contributed by atoms with Crippen LogP contribution in [0.4, 0.5) is 14.7 Å². The Kier molecular flexibility index (Phi) is 4.01. The standard InChI is InChI=1S/C20H21F2N7/c1-3-28-12(2)25-16-7-6-15(26-18(16)28)14-8-9-29-17(14)10-23-19(27-29)24-11-20(21,22)13-4-5-13/h6-10,13H,3-5,11H2,1-2H3,(H,24,27). The highest BCUT2D eigenvalue weighted by molar-refractivity contribution is 5.82. The summed E-state index contributed by atoms with van der Waals surface area (Å²) in [4.78, 5) is 13.6. The number of aryl methyl sites for hydroxylation is 2. The maximum atomic E-state index is 13.9. The van der Waals surface area contributed by atoms with Crippen molar-refractivity contribution in [2.75, 3.05) is 11.9 Å². The van der Waals surface area contributed by atoms with E-state index in [4.69, 9.17) is 4.98 Å². The fourth-order valence-electron chi connectivity index (χ4n) is 3.69. The van der Waals surface area contributed by atoms with Gasteiger partial charge in [-0.25, -0.2) is 28.2 Å². The van der Waals surface area contributed by atoms with Gasteiger partial charge in [-0.05, 0) is 44.9 Å². The van der Waals surface area contributed by atoms with Crippen molar-refractivity contribution in [3.63, 3.8) is 0 Å². The molecule has 4 aromatic heterocycles. The van der Waals surface area contributed by atoms with E-state index < -0.39 is 18.4 Å². The van der Waals surface area contributed by atoms with Crippen LogP contribution < -0.4 is 5.32 Å². The number of anilines is 1. The third-order valence-corrected chi connectivity index (χ3v) is 5.45. The molecule has 7 nitrogen and oxygen atoms in total. The van der Waals surface area contributed by atoms with Crippen LogP contribution in [0.1, 0.15) is 25.6 Å². The predicted octanol–water partition coefficient (Wildman–Crippen LogP) is 3.93. The Morgan fingerprint density at radius 1 is 1.21 bits per heavy atom. The molecule has 4 aromatic rings. The number of hydrogen-bond acceptors (Lipinski definition) is 5. The van der Waals surface area contributed by atoms with Crippen LogP contribution in [0.5, 0.6) is 0 Å². The third-order valence-electron chi connectivity index (χ3n) is 5.45. The molecule has 0 unspecified atom stereocenters. The molecule has 0 spiro atoms. The van der Waals surface area contributed by atoms with E-state index in [2.05, 4.69) is 31.9 Å². The van der Waals surface area contributed by atoms with Gasteiger partial charge >= 0.3 is 0 Å². The van der Waals surface area contributed by atoms with Crippen LogP contribution in [-0.2, 0) is 6.54 Å². The number of nitrogens with one attached hydrogen (secondary N) is 1. The molecule has 1 aliphatic rings. The number of rotatable bonds is 6. The first kappa shape index (κ1) is 18.0. The molecule has 1 N–H and O–H groups in total. The van der Waals surface area contributed by atoms with Crippen LogP contribution in [-0.4, -0.2) is 41.6 Å². The second-order valence-electron chi connectivity index (χ2n) is 7.47. The van der Waals surface area contributed by atoms with Crippen molar-refractivity contribution in [1.29, 1.82) is 0 Å². The van der Waals surface area contributed by atoms with Gasteiger partial charge in [-0.3, -0.25) is 0 Å². The van der Waals surface area contributed by atoms with Gasteiger partial charge in [-0.2, -0.15) is 0 Å². The maximum Gasteiger partial charge on any atom is 0.267 e. The zero-order valence-corrected chi connectivity index (χ0v) is 16.2. The molecule has 1 fully saturated rings. The molecule has 4 heterocycles. The molecule has 0 aromatic carbocycles. The van der Waals surface area contributed by atoms with E-state index >= 15 is 0 Å². The maximum absolute atomic E-state index is 13.9. The van der Waals surface area contributed by atoms with Crippen molar-refractivity contribution in [3.8, 4) is 11.3 Å². The summed E-state index contributed by atoms with van der Waals surface area (Å²) in [7, 11) is 0. The molecule has 150 valence electrons. The Morgan fingerprint density at radius 3 is 2.79 bits per heavy atom. The first-order valence-corrected chi connectivity index (χ1v) is 9.76. The Bertz CT molecular complexity index is 1210. The van der Waals surface area contributed by atoms with Crippen molar-refractivity contribution in [2.24, 2.45) is 5.92 Å². The number of fused-ring (bicyclic) bond motifs is 2. The summed E-state index contributed by atoms with van der Waals surface area (Å²) in [6.45, 7) is 4.37. The molecule has 9 heteroatoms. The quantitative estimate of drug-likeness (QED) is 0.534. The highest BCUT2D eigenvalue weighted by Crippen LogP contribution is 2.43. The van der Waals surface area contributed by atoms with Crippen molar-refractivity contribution in [1.82, 2.24) is 29.1 Å². The molecule has 0 amide bonds. The van der Waals surface area contributed by atoms with Crippen molar-refractivity contribution in [2.45, 2.75) is 39.2 Å². The molecular formula is C20H21F2N7.